The quantitative estimate of drug-likeness (QED) is 0.0359. The minimum Gasteiger partial charge on any atom is -0.506 e. The van der Waals surface area contributed by atoms with E-state index in [1.54, 1.807) is 24.3 Å². The summed E-state index contributed by atoms with van der Waals surface area (Å²) in [5, 5.41) is 106. The van der Waals surface area contributed by atoms with Crippen molar-refractivity contribution >= 4 is 76.5 Å². The smallest absolute Gasteiger partial charge is 0.202 e. The average molecular weight is 735 g/mol. The van der Waals surface area contributed by atoms with Crippen molar-refractivity contribution in [2.45, 2.75) is 12.3 Å². The number of hydrogen-bond donors (Lipinski definition) is 10. The van der Waals surface area contributed by atoms with E-state index in [9.17, 15) is 46.0 Å². The highest BCUT2D eigenvalue weighted by Gasteiger charge is 2.33. The Morgan fingerprint density at radius 3 is 2.00 bits per heavy atom. The first-order chi connectivity index (χ1) is 25.8. The Morgan fingerprint density at radius 1 is 0.685 bits per heavy atom. The number of thiophene rings is 1. The van der Waals surface area contributed by atoms with Gasteiger partial charge in [0.25, 0.3) is 0 Å². The molecule has 264 valence electrons. The summed E-state index contributed by atoms with van der Waals surface area (Å²) in [5.41, 5.74) is 0.409. The Balaban J connectivity index is 1.34. The van der Waals surface area contributed by atoms with Crippen molar-refractivity contribution in [1.29, 1.82) is 5.41 Å². The number of benzene rings is 5. The molecule has 0 saturated heterocycles. The van der Waals surface area contributed by atoms with Crippen molar-refractivity contribution in [3.8, 4) is 74.0 Å². The van der Waals surface area contributed by atoms with Crippen LogP contribution in [0, 0.1) is 5.41 Å². The number of rotatable bonds is 5. The van der Waals surface area contributed by atoms with Crippen LogP contribution in [0.4, 0.5) is 0 Å². The summed E-state index contributed by atoms with van der Waals surface area (Å²) in [5.74, 6) is -9.83. The van der Waals surface area contributed by atoms with Gasteiger partial charge in [-0.15, -0.1) is 11.3 Å². The number of aliphatic imine (C=N–C) groups is 2. The van der Waals surface area contributed by atoms with Crippen LogP contribution in [0.1, 0.15) is 29.0 Å². The first-order valence-corrected chi connectivity index (χ1v) is 16.9. The number of phenolic OH excluding ortho intramolecular Hbond substituents is 9. The van der Waals surface area contributed by atoms with Crippen LogP contribution in [0.5, 0.6) is 51.7 Å². The van der Waals surface area contributed by atoms with E-state index in [-0.39, 0.29) is 31.9 Å². The SMILES string of the molecule is [B]c1c(O)c(O)c2c(sc3c([B])c(O)c(O)c(O)c32)c1-c1c(O)c(O)c(O)c(C(N=C)=NC(=N)c2ccc(-c3cccc(C4C=CC=CC4)c3)cc2)c1O. The molecule has 5 aromatic carbocycles. The van der Waals surface area contributed by atoms with E-state index in [0.717, 1.165) is 23.1 Å². The fourth-order valence-electron chi connectivity index (χ4n) is 6.53. The van der Waals surface area contributed by atoms with E-state index in [2.05, 4.69) is 41.0 Å². The molecule has 4 radical (unpaired) electrons. The Kier molecular flexibility index (Phi) is 8.74. The lowest BCUT2D eigenvalue weighted by atomic mass is 9.82. The molecule has 1 aromatic heterocycles. The summed E-state index contributed by atoms with van der Waals surface area (Å²) >= 11 is 0.667. The molecule has 1 aliphatic carbocycles. The van der Waals surface area contributed by atoms with Gasteiger partial charge in [0.1, 0.15) is 27.0 Å². The van der Waals surface area contributed by atoms with Crippen molar-refractivity contribution < 1.29 is 46.0 Å². The van der Waals surface area contributed by atoms with Crippen LogP contribution in [-0.4, -0.2) is 80.0 Å². The van der Waals surface area contributed by atoms with Gasteiger partial charge in [-0.25, -0.2) is 9.98 Å². The Bertz CT molecular complexity index is 2700. The summed E-state index contributed by atoms with van der Waals surface area (Å²) in [7, 11) is 12.2. The zero-order chi connectivity index (χ0) is 38.7. The largest absolute Gasteiger partial charge is 0.506 e. The second-order valence-corrected chi connectivity index (χ2v) is 13.4. The minimum absolute atomic E-state index is 0.0949. The molecule has 0 spiro atoms. The van der Waals surface area contributed by atoms with Crippen LogP contribution in [0.2, 0.25) is 0 Å². The van der Waals surface area contributed by atoms with E-state index in [1.807, 2.05) is 24.3 Å². The minimum atomic E-state index is -1.19. The summed E-state index contributed by atoms with van der Waals surface area (Å²) in [6, 6.07) is 15.0. The molecule has 15 heteroatoms. The van der Waals surface area contributed by atoms with Gasteiger partial charge >= 0.3 is 0 Å². The lowest BCUT2D eigenvalue weighted by Gasteiger charge is -2.19. The highest BCUT2D eigenvalue weighted by molar-refractivity contribution is 7.27. The molecule has 0 amide bonds. The Labute approximate surface area is 312 Å². The maximum atomic E-state index is 11.7. The lowest BCUT2D eigenvalue weighted by Crippen LogP contribution is -2.10. The molecule has 54 heavy (non-hydrogen) atoms. The summed E-state index contributed by atoms with van der Waals surface area (Å²) in [6.45, 7) is 3.44. The third-order valence-electron chi connectivity index (χ3n) is 9.33. The van der Waals surface area contributed by atoms with Crippen LogP contribution in [0.25, 0.3) is 42.4 Å². The van der Waals surface area contributed by atoms with E-state index in [1.165, 1.54) is 0 Å². The average Bonchev–Trinajstić information content (AvgIpc) is 3.59. The van der Waals surface area contributed by atoms with Crippen LogP contribution >= 0.6 is 11.3 Å². The molecule has 1 heterocycles. The Hall–Kier alpha value is -6.86. The van der Waals surface area contributed by atoms with Gasteiger partial charge < -0.3 is 46.0 Å². The molecule has 1 unspecified atom stereocenters. The number of fused-ring (bicyclic) bond motifs is 3. The monoisotopic (exact) mass is 735 g/mol. The van der Waals surface area contributed by atoms with Gasteiger partial charge in [0, 0.05) is 31.8 Å². The molecule has 6 aromatic rings. The van der Waals surface area contributed by atoms with Gasteiger partial charge in [0.05, 0.1) is 10.9 Å². The van der Waals surface area contributed by atoms with Gasteiger partial charge in [0.2, 0.25) is 5.75 Å². The number of allylic oxidation sites excluding steroid dienone is 4. The first kappa shape index (κ1) is 35.5. The molecule has 0 bridgehead atoms. The van der Waals surface area contributed by atoms with E-state index in [0.29, 0.717) is 16.9 Å². The first-order valence-electron chi connectivity index (χ1n) is 16.1. The molecule has 1 aliphatic rings. The van der Waals surface area contributed by atoms with Gasteiger partial charge in [-0.2, -0.15) is 0 Å². The molecule has 12 nitrogen and oxygen atoms in total. The van der Waals surface area contributed by atoms with E-state index >= 15 is 0 Å². The Morgan fingerprint density at radius 2 is 1.33 bits per heavy atom. The topological polar surface area (TPSA) is 231 Å². The van der Waals surface area contributed by atoms with Gasteiger partial charge in [-0.05, 0) is 40.8 Å². The van der Waals surface area contributed by atoms with Crippen molar-refractivity contribution in [3.63, 3.8) is 0 Å². The van der Waals surface area contributed by atoms with E-state index < -0.39 is 85.2 Å². The number of hydrogen-bond acceptors (Lipinski definition) is 11. The summed E-state index contributed by atoms with van der Waals surface area (Å²) in [6.07, 6.45) is 9.20. The van der Waals surface area contributed by atoms with Crippen LogP contribution in [0.15, 0.2) is 82.8 Å². The number of nitrogens with zero attached hydrogens (tertiary/aromatic N) is 2. The maximum Gasteiger partial charge on any atom is 0.202 e. The summed E-state index contributed by atoms with van der Waals surface area (Å²) < 4.78 is -0.260. The molecular weight excluding hydrogens is 708 g/mol. The van der Waals surface area contributed by atoms with E-state index in [4.69, 9.17) is 21.1 Å². The van der Waals surface area contributed by atoms with Crippen molar-refractivity contribution in [3.05, 3.63) is 89.5 Å². The zero-order valence-electron chi connectivity index (χ0n) is 27.9. The molecule has 7 rings (SSSR count). The van der Waals surface area contributed by atoms with Crippen LogP contribution in [0.3, 0.4) is 0 Å². The fourth-order valence-corrected chi connectivity index (χ4v) is 7.86. The molecule has 0 saturated carbocycles. The normalized spacial score (nSPS) is 14.2. The maximum absolute atomic E-state index is 11.7. The number of amidine groups is 2. The summed E-state index contributed by atoms with van der Waals surface area (Å²) in [4.78, 5) is 7.93. The molecule has 0 aliphatic heterocycles. The molecule has 10 N–H and O–H groups in total. The fraction of sp³-hybridized carbons (Fsp3) is 0.0513. The van der Waals surface area contributed by atoms with Crippen molar-refractivity contribution in [2.24, 2.45) is 9.98 Å². The molecule has 0 fully saturated rings. The molecule has 1 atom stereocenters. The highest BCUT2D eigenvalue weighted by Crippen LogP contribution is 2.57. The predicted octanol–water partition coefficient (Wildman–Crippen LogP) is 5.40. The van der Waals surface area contributed by atoms with Gasteiger partial charge in [-0.3, -0.25) is 5.41 Å². The third-order valence-corrected chi connectivity index (χ3v) is 10.6. The van der Waals surface area contributed by atoms with Gasteiger partial charge in [-0.1, -0.05) is 72.8 Å². The number of aromatic hydroxyl groups is 9. The standard InChI is InChI=1S/C39H27B2N3O9S/c1-43-39(44-38(42)17-12-10-16(11-13-17)19-9-5-8-18(14-19)15-6-3-2-4-7-15)24-27(45)21(28(46)34(52)31(24)49)20-25(40)32(50)29(47)22-23-30(48)35(53)33(51)26(41)37(23)54-36(20)22/h2-6,8-15,42,45-53H,1,7H2. The molecular formula is C39H27B2N3O9S. The third kappa shape index (κ3) is 5.44. The zero-order valence-corrected chi connectivity index (χ0v) is 28.7. The van der Waals surface area contributed by atoms with Crippen LogP contribution in [-0.2, 0) is 0 Å². The second-order valence-electron chi connectivity index (χ2n) is 12.4. The second kappa shape index (κ2) is 13.3. The van der Waals surface area contributed by atoms with Gasteiger partial charge in [0.15, 0.2) is 51.9 Å². The lowest BCUT2D eigenvalue weighted by molar-refractivity contribution is 0.362. The number of phenols is 9. The van der Waals surface area contributed by atoms with Crippen LogP contribution < -0.4 is 10.9 Å². The van der Waals surface area contributed by atoms with Crippen molar-refractivity contribution in [1.82, 2.24) is 0 Å². The predicted molar refractivity (Wildman–Crippen MR) is 211 cm³/mol. The highest BCUT2D eigenvalue weighted by atomic mass is 32.1. The number of nitrogens with one attached hydrogen (secondary N) is 1. The van der Waals surface area contributed by atoms with Crippen molar-refractivity contribution in [2.75, 3.05) is 0 Å².